The summed E-state index contributed by atoms with van der Waals surface area (Å²) < 4.78 is 23.4. The largest absolute Gasteiger partial charge is 0.456 e. The Morgan fingerprint density at radius 3 is 1.97 bits per heavy atom. The van der Waals surface area contributed by atoms with E-state index >= 15 is 0 Å². The standard InChI is InChI=1S/C36H21NO2/c1-4-10-31-25(7-1)28-18-19-29-26-8-2-6-12-33(26)39-36(29)35(28)37(31)24-16-13-22(14-17-24)23-15-20-34-30(21-23)27-9-3-5-11-32(27)38-34/h1-21H/i20D. The van der Waals surface area contributed by atoms with Crippen molar-refractivity contribution >= 4 is 65.7 Å². The van der Waals surface area contributed by atoms with Crippen LogP contribution in [0.5, 0.6) is 0 Å². The first kappa shape index (κ1) is 19.8. The van der Waals surface area contributed by atoms with Crippen LogP contribution in [-0.4, -0.2) is 4.57 Å². The molecule has 39 heavy (non-hydrogen) atoms. The van der Waals surface area contributed by atoms with Crippen LogP contribution in [0.1, 0.15) is 1.37 Å². The molecule has 9 rings (SSSR count). The van der Waals surface area contributed by atoms with Crippen molar-refractivity contribution < 1.29 is 10.2 Å². The summed E-state index contributed by atoms with van der Waals surface area (Å²) in [6.45, 7) is 0. The second kappa shape index (κ2) is 7.62. The van der Waals surface area contributed by atoms with E-state index in [-0.39, 0.29) is 0 Å². The third kappa shape index (κ3) is 2.87. The van der Waals surface area contributed by atoms with E-state index in [1.807, 2.05) is 36.4 Å². The highest BCUT2D eigenvalue weighted by Crippen LogP contribution is 2.40. The van der Waals surface area contributed by atoms with Crippen LogP contribution in [0, 0.1) is 0 Å². The smallest absolute Gasteiger partial charge is 0.160 e. The normalized spacial score (nSPS) is 12.5. The van der Waals surface area contributed by atoms with E-state index in [2.05, 4.69) is 89.5 Å². The molecular weight excluding hydrogens is 478 g/mol. The number of hydrogen-bond acceptors (Lipinski definition) is 2. The summed E-state index contributed by atoms with van der Waals surface area (Å²) >= 11 is 0. The Labute approximate surface area is 224 Å². The van der Waals surface area contributed by atoms with E-state index in [0.29, 0.717) is 11.6 Å². The number of benzene rings is 6. The van der Waals surface area contributed by atoms with Gasteiger partial charge in [-0.1, -0.05) is 78.9 Å². The summed E-state index contributed by atoms with van der Waals surface area (Å²) in [6.07, 6.45) is 0. The summed E-state index contributed by atoms with van der Waals surface area (Å²) in [6, 6.07) is 42.1. The van der Waals surface area contributed by atoms with Gasteiger partial charge in [-0.05, 0) is 59.6 Å². The van der Waals surface area contributed by atoms with Gasteiger partial charge >= 0.3 is 0 Å². The third-order valence-corrected chi connectivity index (χ3v) is 7.93. The second-order valence-electron chi connectivity index (χ2n) is 10.1. The number of aromatic nitrogens is 1. The summed E-state index contributed by atoms with van der Waals surface area (Å²) in [5.74, 6) is 0. The average Bonchev–Trinajstić information content (AvgIpc) is 3.67. The minimum Gasteiger partial charge on any atom is -0.456 e. The van der Waals surface area contributed by atoms with Crippen LogP contribution in [0.4, 0.5) is 0 Å². The van der Waals surface area contributed by atoms with E-state index in [1.54, 1.807) is 0 Å². The van der Waals surface area contributed by atoms with Crippen LogP contribution in [-0.2, 0) is 0 Å². The number of rotatable bonds is 2. The van der Waals surface area contributed by atoms with Crippen molar-refractivity contribution in [3.63, 3.8) is 0 Å². The molecule has 0 aliphatic rings. The second-order valence-corrected chi connectivity index (χ2v) is 10.1. The molecular formula is C36H21NO2. The Kier molecular flexibility index (Phi) is 3.87. The molecule has 6 aromatic carbocycles. The van der Waals surface area contributed by atoms with Crippen molar-refractivity contribution in [2.24, 2.45) is 0 Å². The van der Waals surface area contributed by atoms with Gasteiger partial charge in [0.05, 0.1) is 12.4 Å². The minimum absolute atomic E-state index is 0.391. The zero-order valence-electron chi connectivity index (χ0n) is 21.8. The molecule has 0 amide bonds. The van der Waals surface area contributed by atoms with Gasteiger partial charge in [-0.2, -0.15) is 0 Å². The lowest BCUT2D eigenvalue weighted by molar-refractivity contribution is 0.669. The highest BCUT2D eigenvalue weighted by Gasteiger charge is 2.18. The molecule has 0 spiro atoms. The zero-order chi connectivity index (χ0) is 26.4. The maximum atomic E-state index is 8.64. The first-order valence-electron chi connectivity index (χ1n) is 13.6. The van der Waals surface area contributed by atoms with Gasteiger partial charge in [-0.3, -0.25) is 0 Å². The summed E-state index contributed by atoms with van der Waals surface area (Å²) in [7, 11) is 0. The van der Waals surface area contributed by atoms with Gasteiger partial charge in [-0.25, -0.2) is 0 Å². The lowest BCUT2D eigenvalue weighted by atomic mass is 10.0. The Balaban J connectivity index is 1.27. The SMILES string of the molecule is [2H]c1cc(-c2ccc(-n3c4ccccc4c4ccc5c6ccccc6oc5c43)cc2)cc2c1oc1ccccc12. The number of fused-ring (bicyclic) bond motifs is 10. The van der Waals surface area contributed by atoms with Gasteiger partial charge in [0.25, 0.3) is 0 Å². The van der Waals surface area contributed by atoms with Gasteiger partial charge in [0, 0.05) is 38.0 Å². The molecule has 0 saturated heterocycles. The molecule has 3 aromatic heterocycles. The van der Waals surface area contributed by atoms with E-state index in [9.17, 15) is 0 Å². The summed E-state index contributed by atoms with van der Waals surface area (Å²) in [5, 5.41) is 6.61. The molecule has 0 radical (unpaired) electrons. The summed E-state index contributed by atoms with van der Waals surface area (Å²) in [4.78, 5) is 0. The molecule has 3 heteroatoms. The molecule has 182 valence electrons. The summed E-state index contributed by atoms with van der Waals surface area (Å²) in [5.41, 5.74) is 8.55. The Hall–Kier alpha value is -5.28. The van der Waals surface area contributed by atoms with Gasteiger partial charge in [-0.15, -0.1) is 0 Å². The maximum absolute atomic E-state index is 8.64. The van der Waals surface area contributed by atoms with Gasteiger partial charge in [0.15, 0.2) is 5.58 Å². The van der Waals surface area contributed by atoms with E-state index in [4.69, 9.17) is 10.2 Å². The van der Waals surface area contributed by atoms with E-state index in [1.165, 1.54) is 10.8 Å². The number of nitrogens with zero attached hydrogens (tertiary/aromatic N) is 1. The molecule has 3 heterocycles. The van der Waals surface area contributed by atoms with Crippen LogP contribution < -0.4 is 0 Å². The van der Waals surface area contributed by atoms with Crippen LogP contribution in [0.25, 0.3) is 82.5 Å². The molecule has 0 atom stereocenters. The molecule has 0 aliphatic heterocycles. The highest BCUT2D eigenvalue weighted by molar-refractivity contribution is 6.21. The minimum atomic E-state index is 0.391. The predicted molar refractivity (Wildman–Crippen MR) is 161 cm³/mol. The van der Waals surface area contributed by atoms with Crippen LogP contribution >= 0.6 is 0 Å². The monoisotopic (exact) mass is 500 g/mol. The topological polar surface area (TPSA) is 31.2 Å². The number of hydrogen-bond donors (Lipinski definition) is 0. The van der Waals surface area contributed by atoms with Crippen LogP contribution in [0.15, 0.2) is 136 Å². The molecule has 0 saturated carbocycles. The van der Waals surface area contributed by atoms with Gasteiger partial charge < -0.3 is 13.4 Å². The highest BCUT2D eigenvalue weighted by atomic mass is 16.3. The molecule has 0 N–H and O–H groups in total. The molecule has 0 fully saturated rings. The van der Waals surface area contributed by atoms with Gasteiger partial charge in [0.2, 0.25) is 0 Å². The maximum Gasteiger partial charge on any atom is 0.160 e. The number of para-hydroxylation sites is 3. The average molecular weight is 501 g/mol. The fourth-order valence-electron chi connectivity index (χ4n) is 6.13. The van der Waals surface area contributed by atoms with Crippen LogP contribution in [0.2, 0.25) is 0 Å². The zero-order valence-corrected chi connectivity index (χ0v) is 20.8. The predicted octanol–water partition coefficient (Wildman–Crippen LogP) is 10.2. The van der Waals surface area contributed by atoms with Crippen molar-refractivity contribution in [3.8, 4) is 16.8 Å². The molecule has 0 bridgehead atoms. The first-order chi connectivity index (χ1) is 19.7. The van der Waals surface area contributed by atoms with E-state index < -0.39 is 0 Å². The number of furan rings is 2. The van der Waals surface area contributed by atoms with Crippen molar-refractivity contribution in [3.05, 3.63) is 127 Å². The quantitative estimate of drug-likeness (QED) is 0.236. The fourth-order valence-corrected chi connectivity index (χ4v) is 6.13. The van der Waals surface area contributed by atoms with Crippen molar-refractivity contribution in [2.75, 3.05) is 0 Å². The lowest BCUT2D eigenvalue weighted by Crippen LogP contribution is -1.94. The molecule has 0 aliphatic carbocycles. The Bertz CT molecular complexity index is 2440. The molecule has 0 unspecified atom stereocenters. The third-order valence-electron chi connectivity index (χ3n) is 7.93. The van der Waals surface area contributed by atoms with Gasteiger partial charge in [0.1, 0.15) is 16.7 Å². The fraction of sp³-hybridized carbons (Fsp3) is 0. The first-order valence-corrected chi connectivity index (χ1v) is 13.1. The van der Waals surface area contributed by atoms with Crippen molar-refractivity contribution in [1.82, 2.24) is 4.57 Å². The van der Waals surface area contributed by atoms with E-state index in [0.717, 1.165) is 66.1 Å². The molecule has 3 nitrogen and oxygen atoms in total. The van der Waals surface area contributed by atoms with Crippen molar-refractivity contribution in [1.29, 1.82) is 0 Å². The Morgan fingerprint density at radius 2 is 1.15 bits per heavy atom. The van der Waals surface area contributed by atoms with Crippen LogP contribution in [0.3, 0.4) is 0 Å². The Morgan fingerprint density at radius 1 is 0.487 bits per heavy atom. The van der Waals surface area contributed by atoms with Crippen molar-refractivity contribution in [2.45, 2.75) is 0 Å². The lowest BCUT2D eigenvalue weighted by Gasteiger charge is -2.10. The molecule has 9 aromatic rings.